The second-order valence-electron chi connectivity index (χ2n) is 5.24. The van der Waals surface area contributed by atoms with Crippen molar-refractivity contribution >= 4 is 23.1 Å². The van der Waals surface area contributed by atoms with Crippen molar-refractivity contribution in [3.8, 4) is 10.6 Å². The summed E-state index contributed by atoms with van der Waals surface area (Å²) in [5.41, 5.74) is 1.57. The Bertz CT molecular complexity index is 541. The van der Waals surface area contributed by atoms with E-state index in [9.17, 15) is 4.79 Å². The van der Waals surface area contributed by atoms with Gasteiger partial charge in [0, 0.05) is 28.4 Å². The number of amides is 2. The topological polar surface area (TPSA) is 54.0 Å². The minimum absolute atomic E-state index is 0.200. The number of hydrogen-bond acceptors (Lipinski definition) is 3. The number of benzene rings is 1. The van der Waals surface area contributed by atoms with Crippen LogP contribution in [0.3, 0.4) is 0 Å². The summed E-state index contributed by atoms with van der Waals surface area (Å²) in [6.45, 7) is 5.83. The van der Waals surface area contributed by atoms with Crippen molar-refractivity contribution in [2.75, 3.05) is 5.32 Å². The molecule has 2 N–H and O–H groups in total. The molecule has 2 aromatic rings. The van der Waals surface area contributed by atoms with E-state index in [0.29, 0.717) is 0 Å². The summed E-state index contributed by atoms with van der Waals surface area (Å²) in [5.74, 6) is 0. The maximum absolute atomic E-state index is 11.7. The number of nitrogens with zero attached hydrogens (tertiary/aromatic N) is 1. The van der Waals surface area contributed by atoms with Crippen molar-refractivity contribution < 1.29 is 4.79 Å². The number of hydrogen-bond donors (Lipinski definition) is 2. The summed E-state index contributed by atoms with van der Waals surface area (Å²) in [4.78, 5) is 16.0. The van der Waals surface area contributed by atoms with Crippen LogP contribution >= 0.6 is 11.3 Å². The molecule has 1 aromatic heterocycles. The molecule has 0 aliphatic rings. The van der Waals surface area contributed by atoms with Gasteiger partial charge in [-0.05, 0) is 45.0 Å². The van der Waals surface area contributed by atoms with Crippen molar-refractivity contribution in [3.63, 3.8) is 0 Å². The maximum atomic E-state index is 11.7. The monoisotopic (exact) mass is 275 g/mol. The molecule has 1 heterocycles. The second kappa shape index (κ2) is 5.40. The molecule has 0 atom stereocenters. The SMILES string of the molecule is CC(C)(C)NC(=O)Nc1ccc(-c2nccs2)cc1. The van der Waals surface area contributed by atoms with Gasteiger partial charge in [-0.1, -0.05) is 0 Å². The standard InChI is InChI=1S/C14H17N3OS/c1-14(2,3)17-13(18)16-11-6-4-10(5-7-11)12-15-8-9-19-12/h4-9H,1-3H3,(H2,16,17,18). The first kappa shape index (κ1) is 13.5. The van der Waals surface area contributed by atoms with Crippen LogP contribution < -0.4 is 10.6 Å². The highest BCUT2D eigenvalue weighted by Crippen LogP contribution is 2.23. The van der Waals surface area contributed by atoms with Gasteiger partial charge in [0.25, 0.3) is 0 Å². The zero-order chi connectivity index (χ0) is 13.9. The molecule has 4 nitrogen and oxygen atoms in total. The van der Waals surface area contributed by atoms with Crippen LogP contribution in [0, 0.1) is 0 Å². The van der Waals surface area contributed by atoms with E-state index in [0.717, 1.165) is 16.3 Å². The number of thiazole rings is 1. The molecule has 5 heteroatoms. The van der Waals surface area contributed by atoms with Crippen LogP contribution in [-0.4, -0.2) is 16.6 Å². The Kier molecular flexibility index (Phi) is 3.85. The fourth-order valence-electron chi connectivity index (χ4n) is 1.57. The highest BCUT2D eigenvalue weighted by Gasteiger charge is 2.13. The van der Waals surface area contributed by atoms with E-state index in [1.54, 1.807) is 17.5 Å². The van der Waals surface area contributed by atoms with E-state index in [4.69, 9.17) is 0 Å². The first-order valence-electron chi connectivity index (χ1n) is 6.03. The number of anilines is 1. The van der Waals surface area contributed by atoms with Gasteiger partial charge in [0.2, 0.25) is 0 Å². The van der Waals surface area contributed by atoms with E-state index in [1.165, 1.54) is 0 Å². The van der Waals surface area contributed by atoms with Gasteiger partial charge in [0.1, 0.15) is 5.01 Å². The first-order valence-corrected chi connectivity index (χ1v) is 6.91. The van der Waals surface area contributed by atoms with E-state index in [1.807, 2.05) is 50.4 Å². The van der Waals surface area contributed by atoms with E-state index >= 15 is 0 Å². The zero-order valence-corrected chi connectivity index (χ0v) is 12.0. The molecule has 2 amide bonds. The van der Waals surface area contributed by atoms with Crippen LogP contribution in [-0.2, 0) is 0 Å². The van der Waals surface area contributed by atoms with E-state index in [-0.39, 0.29) is 11.6 Å². The Morgan fingerprint density at radius 1 is 1.21 bits per heavy atom. The number of carbonyl (C=O) groups excluding carboxylic acids is 1. The van der Waals surface area contributed by atoms with Gasteiger partial charge in [-0.2, -0.15) is 0 Å². The highest BCUT2D eigenvalue weighted by molar-refractivity contribution is 7.13. The van der Waals surface area contributed by atoms with Crippen LogP contribution in [0.25, 0.3) is 10.6 Å². The summed E-state index contributed by atoms with van der Waals surface area (Å²) in [7, 11) is 0. The van der Waals surface area contributed by atoms with Crippen LogP contribution in [0.1, 0.15) is 20.8 Å². The number of urea groups is 1. The molecule has 2 rings (SSSR count). The second-order valence-corrected chi connectivity index (χ2v) is 6.14. The number of nitrogens with one attached hydrogen (secondary N) is 2. The molecule has 0 aliphatic carbocycles. The molecule has 0 fully saturated rings. The van der Waals surface area contributed by atoms with Crippen LogP contribution in [0.4, 0.5) is 10.5 Å². The van der Waals surface area contributed by atoms with E-state index in [2.05, 4.69) is 15.6 Å². The lowest BCUT2D eigenvalue weighted by Gasteiger charge is -2.20. The van der Waals surface area contributed by atoms with Crippen LogP contribution in [0.15, 0.2) is 35.8 Å². The van der Waals surface area contributed by atoms with Gasteiger partial charge in [0.05, 0.1) is 0 Å². The molecular weight excluding hydrogens is 258 g/mol. The molecule has 0 saturated carbocycles. The number of carbonyl (C=O) groups is 1. The van der Waals surface area contributed by atoms with Crippen molar-refractivity contribution in [2.24, 2.45) is 0 Å². The molecule has 0 aliphatic heterocycles. The Hall–Kier alpha value is -1.88. The van der Waals surface area contributed by atoms with Gasteiger partial charge in [-0.25, -0.2) is 9.78 Å². The summed E-state index contributed by atoms with van der Waals surface area (Å²) in [5, 5.41) is 8.57. The van der Waals surface area contributed by atoms with Crippen molar-refractivity contribution in [2.45, 2.75) is 26.3 Å². The van der Waals surface area contributed by atoms with E-state index < -0.39 is 0 Å². The largest absolute Gasteiger partial charge is 0.333 e. The number of aromatic nitrogens is 1. The lowest BCUT2D eigenvalue weighted by atomic mass is 10.1. The summed E-state index contributed by atoms with van der Waals surface area (Å²) in [6.07, 6.45) is 1.78. The normalized spacial score (nSPS) is 11.1. The molecule has 100 valence electrons. The predicted octanol–water partition coefficient (Wildman–Crippen LogP) is 3.73. The molecule has 0 saturated heterocycles. The number of rotatable bonds is 2. The highest BCUT2D eigenvalue weighted by atomic mass is 32.1. The predicted molar refractivity (Wildman–Crippen MR) is 79.5 cm³/mol. The van der Waals surface area contributed by atoms with Gasteiger partial charge in [0.15, 0.2) is 0 Å². The van der Waals surface area contributed by atoms with Gasteiger partial charge >= 0.3 is 6.03 Å². The minimum atomic E-state index is -0.245. The lowest BCUT2D eigenvalue weighted by molar-refractivity contribution is 0.244. The quantitative estimate of drug-likeness (QED) is 0.877. The third-order valence-electron chi connectivity index (χ3n) is 2.31. The van der Waals surface area contributed by atoms with Gasteiger partial charge < -0.3 is 10.6 Å². The molecule has 0 unspecified atom stereocenters. The summed E-state index contributed by atoms with van der Waals surface area (Å²) >= 11 is 1.59. The summed E-state index contributed by atoms with van der Waals surface area (Å²) in [6, 6.07) is 7.45. The Morgan fingerprint density at radius 2 is 1.89 bits per heavy atom. The van der Waals surface area contributed by atoms with Gasteiger partial charge in [-0.15, -0.1) is 11.3 Å². The minimum Gasteiger partial charge on any atom is -0.333 e. The Labute approximate surface area is 116 Å². The Morgan fingerprint density at radius 3 is 2.42 bits per heavy atom. The smallest absolute Gasteiger partial charge is 0.319 e. The lowest BCUT2D eigenvalue weighted by Crippen LogP contribution is -2.43. The van der Waals surface area contributed by atoms with Crippen molar-refractivity contribution in [3.05, 3.63) is 35.8 Å². The van der Waals surface area contributed by atoms with Crippen LogP contribution in [0.2, 0.25) is 0 Å². The zero-order valence-electron chi connectivity index (χ0n) is 11.2. The molecule has 1 aromatic carbocycles. The maximum Gasteiger partial charge on any atom is 0.319 e. The molecule has 0 spiro atoms. The summed E-state index contributed by atoms with van der Waals surface area (Å²) < 4.78 is 0. The van der Waals surface area contributed by atoms with Crippen molar-refractivity contribution in [1.29, 1.82) is 0 Å². The average molecular weight is 275 g/mol. The third kappa shape index (κ3) is 4.06. The molecular formula is C14H17N3OS. The van der Waals surface area contributed by atoms with Gasteiger partial charge in [-0.3, -0.25) is 0 Å². The Balaban J connectivity index is 2.01. The molecule has 0 radical (unpaired) electrons. The molecule has 19 heavy (non-hydrogen) atoms. The first-order chi connectivity index (χ1) is 8.94. The molecule has 0 bridgehead atoms. The third-order valence-corrected chi connectivity index (χ3v) is 3.13. The van der Waals surface area contributed by atoms with Crippen molar-refractivity contribution in [1.82, 2.24) is 10.3 Å². The average Bonchev–Trinajstić information content (AvgIpc) is 2.80. The fraction of sp³-hybridized carbons (Fsp3) is 0.286. The van der Waals surface area contributed by atoms with Crippen LogP contribution in [0.5, 0.6) is 0 Å². The fourth-order valence-corrected chi connectivity index (χ4v) is 2.21.